The molecule has 6 heterocycles. The molecule has 0 aliphatic heterocycles. The molecular formula is C30H20N2OS3. The fourth-order valence-corrected chi connectivity index (χ4v) is 10.3. The summed E-state index contributed by atoms with van der Waals surface area (Å²) < 4.78 is 19.4. The Morgan fingerprint density at radius 2 is 1.22 bits per heavy atom. The van der Waals surface area contributed by atoms with Crippen molar-refractivity contribution in [3.63, 3.8) is 0 Å². The molecule has 0 atom stereocenters. The van der Waals surface area contributed by atoms with Gasteiger partial charge in [-0.25, -0.2) is 0 Å². The molecule has 3 nitrogen and oxygen atoms in total. The van der Waals surface area contributed by atoms with Crippen LogP contribution in [-0.2, 0) is 14.1 Å². The van der Waals surface area contributed by atoms with E-state index in [9.17, 15) is 0 Å². The van der Waals surface area contributed by atoms with Crippen LogP contribution in [0.3, 0.4) is 0 Å². The summed E-state index contributed by atoms with van der Waals surface area (Å²) in [6.45, 7) is 4.33. The molecule has 0 unspecified atom stereocenters. The fraction of sp³-hybridized carbons (Fsp3) is 0.133. The summed E-state index contributed by atoms with van der Waals surface area (Å²) in [6.07, 6.45) is 0. The van der Waals surface area contributed by atoms with Gasteiger partial charge in [0.05, 0.1) is 34.5 Å². The van der Waals surface area contributed by atoms with Crippen molar-refractivity contribution in [3.8, 4) is 0 Å². The standard InChI is InChI=1S/C30H20N2OS3/c1-13-5-7-15-19(9-13)31(3)23-25-28(35-26(15)23)17-12-22-18(11-21(17)33-25)29-30(34-22)24-27(36-29)16-8-6-14(2)10-20(16)32(24)4/h5-12H,1-4H3. The van der Waals surface area contributed by atoms with Crippen LogP contribution in [0.2, 0.25) is 0 Å². The van der Waals surface area contributed by atoms with E-state index in [1.807, 2.05) is 34.0 Å². The average Bonchev–Trinajstić information content (AvgIpc) is 3.65. The van der Waals surface area contributed by atoms with Crippen LogP contribution >= 0.6 is 34.0 Å². The van der Waals surface area contributed by atoms with Gasteiger partial charge in [-0.3, -0.25) is 0 Å². The van der Waals surface area contributed by atoms with Crippen LogP contribution in [0, 0.1) is 13.8 Å². The first-order chi connectivity index (χ1) is 17.5. The van der Waals surface area contributed by atoms with E-state index in [1.54, 1.807) is 0 Å². The average molecular weight is 521 g/mol. The number of nitrogens with zero attached hydrogens (tertiary/aromatic N) is 2. The van der Waals surface area contributed by atoms with Gasteiger partial charge in [0, 0.05) is 45.9 Å². The normalized spacial score (nSPS) is 13.0. The molecule has 0 saturated heterocycles. The minimum absolute atomic E-state index is 0.990. The molecule has 9 rings (SSSR count). The number of aromatic nitrogens is 2. The summed E-state index contributed by atoms with van der Waals surface area (Å²) in [5, 5.41) is 5.22. The lowest BCUT2D eigenvalue weighted by atomic mass is 10.2. The molecule has 174 valence electrons. The summed E-state index contributed by atoms with van der Waals surface area (Å²) in [5.41, 5.74) is 9.77. The maximum Gasteiger partial charge on any atom is 0.170 e. The molecule has 6 heteroatoms. The van der Waals surface area contributed by atoms with Gasteiger partial charge in [-0.1, -0.05) is 24.3 Å². The number of benzene rings is 3. The Kier molecular flexibility index (Phi) is 3.48. The van der Waals surface area contributed by atoms with Gasteiger partial charge in [-0.2, -0.15) is 0 Å². The van der Waals surface area contributed by atoms with E-state index in [4.69, 9.17) is 4.42 Å². The molecular weight excluding hydrogens is 501 g/mol. The minimum atomic E-state index is 0.990. The van der Waals surface area contributed by atoms with Crippen LogP contribution in [0.4, 0.5) is 0 Å². The third-order valence-electron chi connectivity index (χ3n) is 7.87. The van der Waals surface area contributed by atoms with Crippen molar-refractivity contribution in [2.75, 3.05) is 0 Å². The van der Waals surface area contributed by atoms with Crippen molar-refractivity contribution in [2.24, 2.45) is 14.1 Å². The lowest BCUT2D eigenvalue weighted by Gasteiger charge is -1.98. The summed E-state index contributed by atoms with van der Waals surface area (Å²) >= 11 is 5.72. The van der Waals surface area contributed by atoms with Crippen LogP contribution in [0.1, 0.15) is 11.1 Å². The summed E-state index contributed by atoms with van der Waals surface area (Å²) in [7, 11) is 4.37. The van der Waals surface area contributed by atoms with Gasteiger partial charge in [-0.15, -0.1) is 34.0 Å². The summed E-state index contributed by atoms with van der Waals surface area (Å²) in [5.74, 6) is 0. The smallest absolute Gasteiger partial charge is 0.170 e. The number of hydrogen-bond donors (Lipinski definition) is 0. The van der Waals surface area contributed by atoms with Gasteiger partial charge in [0.1, 0.15) is 11.1 Å². The monoisotopic (exact) mass is 520 g/mol. The third kappa shape index (κ3) is 2.21. The molecule has 6 aromatic heterocycles. The first-order valence-corrected chi connectivity index (χ1v) is 14.5. The zero-order valence-corrected chi connectivity index (χ0v) is 22.6. The van der Waals surface area contributed by atoms with E-state index in [-0.39, 0.29) is 0 Å². The Labute approximate surface area is 217 Å². The highest BCUT2D eigenvalue weighted by atomic mass is 32.1. The van der Waals surface area contributed by atoms with Crippen molar-refractivity contribution in [3.05, 3.63) is 59.7 Å². The zero-order valence-electron chi connectivity index (χ0n) is 20.1. The lowest BCUT2D eigenvalue weighted by molar-refractivity contribution is 0.671. The Morgan fingerprint density at radius 1 is 0.583 bits per heavy atom. The van der Waals surface area contributed by atoms with Gasteiger partial charge in [-0.05, 0) is 49.2 Å². The molecule has 9 aromatic rings. The van der Waals surface area contributed by atoms with Crippen LogP contribution in [0.25, 0.3) is 83.0 Å². The Morgan fingerprint density at radius 3 is 1.94 bits per heavy atom. The number of fused-ring (bicyclic) bond motifs is 14. The van der Waals surface area contributed by atoms with Gasteiger partial charge in [0.15, 0.2) is 5.58 Å². The lowest BCUT2D eigenvalue weighted by Crippen LogP contribution is -1.86. The minimum Gasteiger partial charge on any atom is -0.453 e. The van der Waals surface area contributed by atoms with E-state index in [0.717, 1.165) is 11.2 Å². The topological polar surface area (TPSA) is 23.0 Å². The SMILES string of the molecule is Cc1ccc2c3sc4c5cc6sc7c(sc8c9ccc(C)cc9n(C)c87)c6cc5oc4c3n(C)c2c1. The molecule has 0 bridgehead atoms. The highest BCUT2D eigenvalue weighted by Gasteiger charge is 2.23. The van der Waals surface area contributed by atoms with Crippen LogP contribution in [-0.4, -0.2) is 9.13 Å². The number of aryl methyl sites for hydroxylation is 4. The highest BCUT2D eigenvalue weighted by Crippen LogP contribution is 2.50. The molecule has 0 aliphatic carbocycles. The van der Waals surface area contributed by atoms with Crippen LogP contribution in [0.5, 0.6) is 0 Å². The number of rotatable bonds is 0. The second-order valence-electron chi connectivity index (χ2n) is 10.1. The zero-order chi connectivity index (χ0) is 24.0. The quantitative estimate of drug-likeness (QED) is 0.195. The van der Waals surface area contributed by atoms with E-state index in [0.29, 0.717) is 0 Å². The first-order valence-electron chi connectivity index (χ1n) is 12.1. The molecule has 0 amide bonds. The molecule has 0 N–H and O–H groups in total. The van der Waals surface area contributed by atoms with Crippen molar-refractivity contribution < 1.29 is 4.42 Å². The van der Waals surface area contributed by atoms with E-state index in [1.165, 1.54) is 82.9 Å². The largest absolute Gasteiger partial charge is 0.453 e. The Balaban J connectivity index is 1.38. The van der Waals surface area contributed by atoms with Gasteiger partial charge in [0.2, 0.25) is 0 Å². The molecule has 36 heavy (non-hydrogen) atoms. The maximum absolute atomic E-state index is 6.63. The predicted molar refractivity (Wildman–Crippen MR) is 160 cm³/mol. The second kappa shape index (κ2) is 6.32. The van der Waals surface area contributed by atoms with Crippen molar-refractivity contribution >= 4 is 117 Å². The number of thiophene rings is 3. The predicted octanol–water partition coefficient (Wildman–Crippen LogP) is 9.98. The molecule has 0 saturated carbocycles. The van der Waals surface area contributed by atoms with E-state index >= 15 is 0 Å². The summed E-state index contributed by atoms with van der Waals surface area (Å²) in [6, 6.07) is 18.2. The molecule has 0 spiro atoms. The summed E-state index contributed by atoms with van der Waals surface area (Å²) in [4.78, 5) is 0. The third-order valence-corrected chi connectivity index (χ3v) is 11.6. The molecule has 3 aromatic carbocycles. The van der Waals surface area contributed by atoms with Crippen LogP contribution in [0.15, 0.2) is 52.9 Å². The van der Waals surface area contributed by atoms with Gasteiger partial charge in [0.25, 0.3) is 0 Å². The van der Waals surface area contributed by atoms with Crippen molar-refractivity contribution in [2.45, 2.75) is 13.8 Å². The molecule has 0 radical (unpaired) electrons. The number of furan rings is 1. The maximum atomic E-state index is 6.63. The Bertz CT molecular complexity index is 2240. The van der Waals surface area contributed by atoms with Crippen LogP contribution < -0.4 is 0 Å². The Hall–Kier alpha value is -3.32. The van der Waals surface area contributed by atoms with Crippen molar-refractivity contribution in [1.82, 2.24) is 9.13 Å². The fourth-order valence-electron chi connectivity index (χ4n) is 6.10. The molecule has 0 aliphatic rings. The number of hydrogen-bond acceptors (Lipinski definition) is 4. The van der Waals surface area contributed by atoms with E-state index in [2.05, 4.69) is 85.6 Å². The van der Waals surface area contributed by atoms with Gasteiger partial charge < -0.3 is 13.6 Å². The molecule has 0 fully saturated rings. The highest BCUT2D eigenvalue weighted by molar-refractivity contribution is 7.37. The second-order valence-corrected chi connectivity index (χ2v) is 13.2. The van der Waals surface area contributed by atoms with Gasteiger partial charge >= 0.3 is 0 Å². The van der Waals surface area contributed by atoms with E-state index < -0.39 is 0 Å². The first kappa shape index (κ1) is 19.8. The van der Waals surface area contributed by atoms with Crippen molar-refractivity contribution in [1.29, 1.82) is 0 Å².